The lowest BCUT2D eigenvalue weighted by molar-refractivity contribution is -0.137. The molecule has 0 aromatic heterocycles. The van der Waals surface area contributed by atoms with Crippen molar-refractivity contribution in [3.8, 4) is 0 Å². The van der Waals surface area contributed by atoms with Gasteiger partial charge in [0.1, 0.15) is 6.04 Å². The topological polar surface area (TPSA) is 89.6 Å². The van der Waals surface area contributed by atoms with Gasteiger partial charge in [0, 0.05) is 16.5 Å². The van der Waals surface area contributed by atoms with E-state index >= 15 is 0 Å². The van der Waals surface area contributed by atoms with Crippen molar-refractivity contribution in [2.45, 2.75) is 6.04 Å². The normalized spacial score (nSPS) is 12.2. The number of carbonyl (C=O) groups is 2. The molecule has 5 nitrogen and oxygen atoms in total. The van der Waals surface area contributed by atoms with E-state index in [9.17, 15) is 9.59 Å². The first-order chi connectivity index (χ1) is 5.57. The molecule has 3 N–H and O–H groups in total. The molecule has 0 aliphatic carbocycles. The van der Waals surface area contributed by atoms with Crippen molar-refractivity contribution in [1.29, 1.82) is 0 Å². The summed E-state index contributed by atoms with van der Waals surface area (Å²) in [6.45, 7) is 0. The van der Waals surface area contributed by atoms with Gasteiger partial charge in [0.15, 0.2) is 0 Å². The maximum absolute atomic E-state index is 10.5. The van der Waals surface area contributed by atoms with Gasteiger partial charge in [-0.15, -0.1) is 0 Å². The minimum atomic E-state index is -1.08. The fourth-order valence-electron chi connectivity index (χ4n) is 0.261. The Morgan fingerprint density at radius 2 is 2.25 bits per heavy atom. The van der Waals surface area contributed by atoms with Gasteiger partial charge in [-0.25, -0.2) is 4.79 Å². The Bertz CT molecular complexity index is 175. The van der Waals surface area contributed by atoms with Crippen LogP contribution in [0.1, 0.15) is 0 Å². The average Bonchev–Trinajstić information content (AvgIpc) is 2.03. The van der Waals surface area contributed by atoms with Crippen LogP contribution in [0, 0.1) is 0 Å². The van der Waals surface area contributed by atoms with E-state index in [0.717, 1.165) is 21.6 Å². The largest absolute Gasteiger partial charge is 0.480 e. The molecule has 7 heteroatoms. The minimum absolute atomic E-state index is 0.176. The molecule has 0 radical (unpaired) electrons. The lowest BCUT2D eigenvalue weighted by Gasteiger charge is -2.03. The van der Waals surface area contributed by atoms with Crippen LogP contribution in [-0.2, 0) is 9.53 Å². The monoisotopic (exact) mass is 211 g/mol. The van der Waals surface area contributed by atoms with Crippen LogP contribution in [0.15, 0.2) is 0 Å². The summed E-state index contributed by atoms with van der Waals surface area (Å²) in [5, 5.41) is 7.88. The van der Waals surface area contributed by atoms with E-state index in [1.165, 1.54) is 7.11 Å². The molecular formula is C5H9NO4S2. The summed E-state index contributed by atoms with van der Waals surface area (Å²) in [5.41, 5.74) is 5.16. The van der Waals surface area contributed by atoms with Gasteiger partial charge in [-0.3, -0.25) is 4.79 Å². The lowest BCUT2D eigenvalue weighted by atomic mass is 10.4. The van der Waals surface area contributed by atoms with E-state index in [4.69, 9.17) is 10.8 Å². The molecule has 0 aromatic carbocycles. The third kappa shape index (κ3) is 5.28. The zero-order chi connectivity index (χ0) is 9.56. The third-order valence-corrected chi connectivity index (χ3v) is 2.94. The third-order valence-electron chi connectivity index (χ3n) is 0.858. The number of methoxy groups -OCH3 is 1. The van der Waals surface area contributed by atoms with Crippen LogP contribution >= 0.6 is 21.6 Å². The molecule has 0 aromatic rings. The van der Waals surface area contributed by atoms with E-state index in [1.807, 2.05) is 0 Å². The second-order valence-electron chi connectivity index (χ2n) is 1.77. The van der Waals surface area contributed by atoms with E-state index < -0.39 is 17.3 Å². The fourth-order valence-corrected chi connectivity index (χ4v) is 1.92. The Balaban J connectivity index is 3.43. The van der Waals surface area contributed by atoms with E-state index in [-0.39, 0.29) is 5.75 Å². The summed E-state index contributed by atoms with van der Waals surface area (Å²) >= 11 is 0. The number of carboxylic acid groups (broad SMARTS) is 1. The molecule has 1 atom stereocenters. The van der Waals surface area contributed by atoms with E-state index in [0.29, 0.717) is 0 Å². The highest BCUT2D eigenvalue weighted by atomic mass is 33.1. The van der Waals surface area contributed by atoms with E-state index in [1.54, 1.807) is 0 Å². The first kappa shape index (κ1) is 11.6. The zero-order valence-electron chi connectivity index (χ0n) is 6.35. The van der Waals surface area contributed by atoms with Crippen LogP contribution in [0.2, 0.25) is 0 Å². The molecule has 0 heterocycles. The highest BCUT2D eigenvalue weighted by molar-refractivity contribution is 8.82. The van der Waals surface area contributed by atoms with Gasteiger partial charge in [0.2, 0.25) is 0 Å². The predicted octanol–water partition coefficient (Wildman–Crippen LogP) is 0.546. The van der Waals surface area contributed by atoms with Gasteiger partial charge in [-0.05, 0) is 0 Å². The molecule has 0 saturated carbocycles. The number of nitrogens with two attached hydrogens (primary N) is 1. The smallest absolute Gasteiger partial charge is 0.377 e. The van der Waals surface area contributed by atoms with Crippen LogP contribution in [0.3, 0.4) is 0 Å². The highest BCUT2D eigenvalue weighted by Gasteiger charge is 2.12. The standard InChI is InChI=1S/C5H9NO4S2/c1-10-5(9)12-11-2-3(6)4(7)8/h3H,2,6H2,1H3,(H,7,8)/t3-/m0/s1. The predicted molar refractivity (Wildman–Crippen MR) is 48.1 cm³/mol. The Hall–Kier alpha value is -0.400. The van der Waals surface area contributed by atoms with E-state index in [2.05, 4.69) is 4.74 Å². The Labute approximate surface area is 77.4 Å². The molecule has 0 saturated heterocycles. The van der Waals surface area contributed by atoms with Crippen LogP contribution < -0.4 is 5.73 Å². The number of hydrogen-bond acceptors (Lipinski definition) is 6. The highest BCUT2D eigenvalue weighted by Crippen LogP contribution is 2.23. The molecule has 0 bridgehead atoms. The molecule has 0 aliphatic heterocycles. The van der Waals surface area contributed by atoms with Crippen molar-refractivity contribution in [2.75, 3.05) is 12.9 Å². The van der Waals surface area contributed by atoms with Crippen molar-refractivity contribution >= 4 is 32.9 Å². The van der Waals surface area contributed by atoms with Gasteiger partial charge >= 0.3 is 11.3 Å². The second kappa shape index (κ2) is 6.15. The number of aliphatic carboxylic acids is 1. The summed E-state index contributed by atoms with van der Waals surface area (Å²) in [4.78, 5) is 20.7. The molecular weight excluding hydrogens is 202 g/mol. The number of ether oxygens (including phenoxy) is 1. The minimum Gasteiger partial charge on any atom is -0.480 e. The molecule has 0 rings (SSSR count). The van der Waals surface area contributed by atoms with Crippen molar-refractivity contribution in [2.24, 2.45) is 5.73 Å². The second-order valence-corrected chi connectivity index (χ2v) is 4.04. The number of carboxylic acids is 1. The molecule has 0 unspecified atom stereocenters. The lowest BCUT2D eigenvalue weighted by Crippen LogP contribution is -2.32. The fraction of sp³-hybridized carbons (Fsp3) is 0.600. The van der Waals surface area contributed by atoms with Crippen molar-refractivity contribution in [3.05, 3.63) is 0 Å². The summed E-state index contributed by atoms with van der Waals surface area (Å²) < 4.78 is 4.31. The summed E-state index contributed by atoms with van der Waals surface area (Å²) in [6.07, 6.45) is 0. The maximum Gasteiger partial charge on any atom is 0.377 e. The molecule has 0 aliphatic rings. The number of carbonyl (C=O) groups excluding carboxylic acids is 1. The molecule has 0 spiro atoms. The summed E-state index contributed by atoms with van der Waals surface area (Å²) in [7, 11) is 3.15. The first-order valence-electron chi connectivity index (χ1n) is 2.93. The molecule has 70 valence electrons. The van der Waals surface area contributed by atoms with Gasteiger partial charge in [0.05, 0.1) is 7.11 Å². The molecule has 0 amide bonds. The Kier molecular flexibility index (Phi) is 5.95. The Morgan fingerprint density at radius 1 is 1.67 bits per heavy atom. The van der Waals surface area contributed by atoms with Crippen molar-refractivity contribution in [1.82, 2.24) is 0 Å². The SMILES string of the molecule is COC(=O)SSC[C@H](N)C(=O)O. The zero-order valence-corrected chi connectivity index (χ0v) is 7.98. The van der Waals surface area contributed by atoms with Gasteiger partial charge in [-0.2, -0.15) is 0 Å². The summed E-state index contributed by atoms with van der Waals surface area (Å²) in [6, 6.07) is -0.938. The first-order valence-corrected chi connectivity index (χ1v) is 5.25. The maximum atomic E-state index is 10.5. The van der Waals surface area contributed by atoms with Crippen molar-refractivity contribution < 1.29 is 19.4 Å². The van der Waals surface area contributed by atoms with Crippen LogP contribution in [0.25, 0.3) is 0 Å². The molecule has 12 heavy (non-hydrogen) atoms. The number of rotatable bonds is 4. The van der Waals surface area contributed by atoms with Crippen LogP contribution in [0.4, 0.5) is 4.79 Å². The van der Waals surface area contributed by atoms with Gasteiger partial charge < -0.3 is 15.6 Å². The van der Waals surface area contributed by atoms with Crippen LogP contribution in [0.5, 0.6) is 0 Å². The van der Waals surface area contributed by atoms with Crippen molar-refractivity contribution in [3.63, 3.8) is 0 Å². The number of hydrogen-bond donors (Lipinski definition) is 2. The van der Waals surface area contributed by atoms with Gasteiger partial charge in [-0.1, -0.05) is 10.8 Å². The molecule has 0 fully saturated rings. The van der Waals surface area contributed by atoms with Crippen LogP contribution in [-0.4, -0.2) is 35.3 Å². The Morgan fingerprint density at radius 3 is 2.67 bits per heavy atom. The quantitative estimate of drug-likeness (QED) is 0.518. The average molecular weight is 211 g/mol. The summed E-state index contributed by atoms with van der Waals surface area (Å²) in [5.74, 6) is -0.900. The van der Waals surface area contributed by atoms with Gasteiger partial charge in [0.25, 0.3) is 0 Å².